The fraction of sp³-hybridized carbons (Fsp3) is 0.211. The number of benzene rings is 2. The van der Waals surface area contributed by atoms with Crippen molar-refractivity contribution in [3.63, 3.8) is 0 Å². The Hall–Kier alpha value is -2.32. The van der Waals surface area contributed by atoms with E-state index in [0.29, 0.717) is 5.69 Å². The number of aliphatic carboxylic acids is 1. The number of carbonyl (C=O) groups excluding carboxylic acids is 2. The molecule has 0 aliphatic carbocycles. The number of carboxylic acids is 1. The summed E-state index contributed by atoms with van der Waals surface area (Å²) in [7, 11) is 0. The number of amides is 2. The number of rotatable bonds is 8. The average molecular weight is 451 g/mol. The molecule has 0 aromatic heterocycles. The van der Waals surface area contributed by atoms with Gasteiger partial charge in [-0.3, -0.25) is 14.4 Å². The molecule has 8 heteroatoms. The number of halogens is 1. The molecule has 27 heavy (non-hydrogen) atoms. The highest BCUT2D eigenvalue weighted by atomic mass is 79.9. The zero-order valence-corrected chi connectivity index (χ0v) is 17.0. The molecule has 0 heterocycles. The molecule has 0 saturated heterocycles. The third kappa shape index (κ3) is 7.44. The van der Waals surface area contributed by atoms with Gasteiger partial charge in [-0.1, -0.05) is 15.9 Å². The van der Waals surface area contributed by atoms with Crippen LogP contribution in [0.15, 0.2) is 57.9 Å². The second-order valence-corrected chi connectivity index (χ2v) is 8.05. The number of anilines is 2. The normalized spacial score (nSPS) is 11.5. The maximum atomic E-state index is 12.3. The molecule has 1 atom stereocenters. The Bertz CT molecular complexity index is 809. The van der Waals surface area contributed by atoms with E-state index in [1.54, 1.807) is 24.3 Å². The van der Waals surface area contributed by atoms with Gasteiger partial charge >= 0.3 is 5.97 Å². The predicted molar refractivity (Wildman–Crippen MR) is 110 cm³/mol. The van der Waals surface area contributed by atoms with Gasteiger partial charge in [-0.2, -0.15) is 0 Å². The lowest BCUT2D eigenvalue weighted by molar-refractivity contribution is -0.138. The highest BCUT2D eigenvalue weighted by Gasteiger charge is 2.15. The van der Waals surface area contributed by atoms with Gasteiger partial charge in [-0.25, -0.2) is 0 Å². The van der Waals surface area contributed by atoms with Crippen molar-refractivity contribution in [1.29, 1.82) is 0 Å². The summed E-state index contributed by atoms with van der Waals surface area (Å²) >= 11 is 4.76. The van der Waals surface area contributed by atoms with E-state index in [2.05, 4.69) is 26.6 Å². The van der Waals surface area contributed by atoms with Crippen molar-refractivity contribution < 1.29 is 19.5 Å². The average Bonchev–Trinajstić information content (AvgIpc) is 2.63. The SMILES string of the molecule is CC(Sc1ccc(NC(=O)CCC(=O)O)cc1)C(=O)Nc1ccc(Br)cc1. The zero-order chi connectivity index (χ0) is 19.8. The van der Waals surface area contributed by atoms with Gasteiger partial charge in [-0.15, -0.1) is 11.8 Å². The van der Waals surface area contributed by atoms with E-state index in [1.807, 2.05) is 31.2 Å². The predicted octanol–water partition coefficient (Wildman–Crippen LogP) is 4.37. The van der Waals surface area contributed by atoms with Crippen molar-refractivity contribution in [3.05, 3.63) is 53.0 Å². The lowest BCUT2D eigenvalue weighted by Crippen LogP contribution is -2.22. The number of hydrogen-bond acceptors (Lipinski definition) is 4. The molecular formula is C19H19BrN2O4S. The topological polar surface area (TPSA) is 95.5 Å². The van der Waals surface area contributed by atoms with Gasteiger partial charge in [0.05, 0.1) is 11.7 Å². The third-order valence-corrected chi connectivity index (χ3v) is 5.14. The van der Waals surface area contributed by atoms with E-state index in [1.165, 1.54) is 11.8 Å². The van der Waals surface area contributed by atoms with Gasteiger partial charge < -0.3 is 15.7 Å². The number of thioether (sulfide) groups is 1. The van der Waals surface area contributed by atoms with Crippen LogP contribution in [0.5, 0.6) is 0 Å². The summed E-state index contributed by atoms with van der Waals surface area (Å²) < 4.78 is 0.943. The van der Waals surface area contributed by atoms with Crippen LogP contribution in [0.25, 0.3) is 0 Å². The summed E-state index contributed by atoms with van der Waals surface area (Å²) in [6.07, 6.45) is -0.274. The van der Waals surface area contributed by atoms with Crippen LogP contribution in [0.3, 0.4) is 0 Å². The molecule has 0 spiro atoms. The first-order valence-corrected chi connectivity index (χ1v) is 9.85. The van der Waals surface area contributed by atoms with Crippen molar-refractivity contribution >= 4 is 56.9 Å². The lowest BCUT2D eigenvalue weighted by Gasteiger charge is -2.12. The molecule has 142 valence electrons. The molecule has 0 fully saturated rings. The highest BCUT2D eigenvalue weighted by molar-refractivity contribution is 9.10. The van der Waals surface area contributed by atoms with Gasteiger partial charge in [0.15, 0.2) is 0 Å². The van der Waals surface area contributed by atoms with Crippen molar-refractivity contribution in [2.45, 2.75) is 29.9 Å². The van der Waals surface area contributed by atoms with Crippen LogP contribution in [0.1, 0.15) is 19.8 Å². The minimum absolute atomic E-state index is 0.0703. The Morgan fingerprint density at radius 2 is 1.52 bits per heavy atom. The molecule has 2 aromatic rings. The van der Waals surface area contributed by atoms with Gasteiger partial charge in [0.25, 0.3) is 0 Å². The Morgan fingerprint density at radius 3 is 2.11 bits per heavy atom. The molecule has 2 amide bonds. The first kappa shape index (κ1) is 21.0. The number of carboxylic acid groups (broad SMARTS) is 1. The minimum atomic E-state index is -1.01. The Balaban J connectivity index is 1.85. The third-order valence-electron chi connectivity index (χ3n) is 3.50. The van der Waals surface area contributed by atoms with Crippen LogP contribution < -0.4 is 10.6 Å². The smallest absolute Gasteiger partial charge is 0.303 e. The molecule has 2 aromatic carbocycles. The van der Waals surface area contributed by atoms with E-state index in [4.69, 9.17) is 5.11 Å². The van der Waals surface area contributed by atoms with Crippen LogP contribution in [0.2, 0.25) is 0 Å². The number of carbonyl (C=O) groups is 3. The van der Waals surface area contributed by atoms with Gasteiger partial charge in [0.1, 0.15) is 0 Å². The second kappa shape index (κ2) is 10.1. The highest BCUT2D eigenvalue weighted by Crippen LogP contribution is 2.26. The fourth-order valence-electron chi connectivity index (χ4n) is 2.10. The molecular weight excluding hydrogens is 432 g/mol. The number of nitrogens with one attached hydrogen (secondary N) is 2. The van der Waals surface area contributed by atoms with Crippen LogP contribution in [0.4, 0.5) is 11.4 Å². The summed E-state index contributed by atoms with van der Waals surface area (Å²) in [5.74, 6) is -1.46. The summed E-state index contributed by atoms with van der Waals surface area (Å²) in [6.45, 7) is 1.82. The lowest BCUT2D eigenvalue weighted by atomic mass is 10.2. The summed E-state index contributed by atoms with van der Waals surface area (Å²) in [5, 5.41) is 13.8. The summed E-state index contributed by atoms with van der Waals surface area (Å²) in [6, 6.07) is 14.4. The quantitative estimate of drug-likeness (QED) is 0.518. The molecule has 0 saturated carbocycles. The monoisotopic (exact) mass is 450 g/mol. The maximum absolute atomic E-state index is 12.3. The van der Waals surface area contributed by atoms with E-state index >= 15 is 0 Å². The van der Waals surface area contributed by atoms with Crippen molar-refractivity contribution in [2.75, 3.05) is 10.6 Å². The van der Waals surface area contributed by atoms with E-state index in [0.717, 1.165) is 15.1 Å². The van der Waals surface area contributed by atoms with Crippen LogP contribution in [-0.4, -0.2) is 28.1 Å². The molecule has 2 rings (SSSR count). The fourth-order valence-corrected chi connectivity index (χ4v) is 3.23. The van der Waals surface area contributed by atoms with E-state index in [-0.39, 0.29) is 29.9 Å². The second-order valence-electron chi connectivity index (χ2n) is 5.72. The first-order valence-electron chi connectivity index (χ1n) is 8.18. The Morgan fingerprint density at radius 1 is 0.963 bits per heavy atom. The van der Waals surface area contributed by atoms with Crippen LogP contribution in [-0.2, 0) is 14.4 Å². The molecule has 0 aliphatic heterocycles. The van der Waals surface area contributed by atoms with E-state index in [9.17, 15) is 14.4 Å². The molecule has 3 N–H and O–H groups in total. The van der Waals surface area contributed by atoms with Gasteiger partial charge in [0, 0.05) is 27.2 Å². The molecule has 6 nitrogen and oxygen atoms in total. The molecule has 0 radical (unpaired) electrons. The first-order chi connectivity index (χ1) is 12.8. The zero-order valence-electron chi connectivity index (χ0n) is 14.6. The van der Waals surface area contributed by atoms with Crippen molar-refractivity contribution in [3.8, 4) is 0 Å². The van der Waals surface area contributed by atoms with E-state index < -0.39 is 5.97 Å². The summed E-state index contributed by atoms with van der Waals surface area (Å²) in [5.41, 5.74) is 1.32. The van der Waals surface area contributed by atoms with Crippen molar-refractivity contribution in [1.82, 2.24) is 0 Å². The molecule has 0 bridgehead atoms. The maximum Gasteiger partial charge on any atom is 0.303 e. The largest absolute Gasteiger partial charge is 0.481 e. The number of hydrogen-bond donors (Lipinski definition) is 3. The van der Waals surface area contributed by atoms with Crippen LogP contribution >= 0.6 is 27.7 Å². The van der Waals surface area contributed by atoms with Crippen molar-refractivity contribution in [2.24, 2.45) is 0 Å². The van der Waals surface area contributed by atoms with Gasteiger partial charge in [0.2, 0.25) is 11.8 Å². The minimum Gasteiger partial charge on any atom is -0.481 e. The summed E-state index contributed by atoms with van der Waals surface area (Å²) in [4.78, 5) is 35.3. The standard InChI is InChI=1S/C19H19BrN2O4S/c1-12(19(26)22-15-4-2-13(20)3-5-15)27-16-8-6-14(7-9-16)21-17(23)10-11-18(24)25/h2-9,12H,10-11H2,1H3,(H,21,23)(H,22,26)(H,24,25). The Labute approximate surface area is 169 Å². The van der Waals surface area contributed by atoms with Gasteiger partial charge in [-0.05, 0) is 55.5 Å². The molecule has 1 unspecified atom stereocenters. The Kier molecular flexibility index (Phi) is 7.87. The van der Waals surface area contributed by atoms with Crippen LogP contribution in [0, 0.1) is 0 Å². The molecule has 0 aliphatic rings.